The SMILES string of the molecule is COc1ncccc1C(O)c1cc(Cl)cc(OC(C)C)c1NC(=O)C(C)(C)C. The molecule has 28 heavy (non-hydrogen) atoms. The van der Waals surface area contributed by atoms with Crippen molar-refractivity contribution in [2.24, 2.45) is 5.41 Å². The molecule has 0 aliphatic carbocycles. The lowest BCUT2D eigenvalue weighted by Crippen LogP contribution is -2.29. The van der Waals surface area contributed by atoms with Crippen LogP contribution in [0.2, 0.25) is 5.02 Å². The van der Waals surface area contributed by atoms with Crippen LogP contribution < -0.4 is 14.8 Å². The molecule has 1 atom stereocenters. The predicted molar refractivity (Wildman–Crippen MR) is 110 cm³/mol. The number of nitrogens with one attached hydrogen (secondary N) is 1. The minimum Gasteiger partial charge on any atom is -0.489 e. The third kappa shape index (κ3) is 5.14. The highest BCUT2D eigenvalue weighted by molar-refractivity contribution is 6.31. The van der Waals surface area contributed by atoms with Gasteiger partial charge in [-0.25, -0.2) is 4.98 Å². The molecule has 0 saturated heterocycles. The van der Waals surface area contributed by atoms with Crippen molar-refractivity contribution in [3.05, 3.63) is 46.6 Å². The van der Waals surface area contributed by atoms with Crippen molar-refractivity contribution < 1.29 is 19.4 Å². The van der Waals surface area contributed by atoms with E-state index in [1.54, 1.807) is 30.5 Å². The number of carbonyl (C=O) groups excluding carboxylic acids is 1. The minimum absolute atomic E-state index is 0.151. The molecule has 0 radical (unpaired) electrons. The molecule has 2 aromatic rings. The molecular formula is C21H27ClN2O4. The fraction of sp³-hybridized carbons (Fsp3) is 0.429. The summed E-state index contributed by atoms with van der Waals surface area (Å²) in [4.78, 5) is 16.8. The van der Waals surface area contributed by atoms with E-state index in [9.17, 15) is 9.90 Å². The number of pyridine rings is 1. The Morgan fingerprint density at radius 2 is 1.93 bits per heavy atom. The van der Waals surface area contributed by atoms with E-state index in [1.165, 1.54) is 7.11 Å². The third-order valence-electron chi connectivity index (χ3n) is 3.96. The Balaban J connectivity index is 2.64. The maximum atomic E-state index is 12.7. The molecule has 0 fully saturated rings. The molecule has 7 heteroatoms. The van der Waals surface area contributed by atoms with Gasteiger partial charge in [0.2, 0.25) is 11.8 Å². The first-order valence-electron chi connectivity index (χ1n) is 9.03. The number of rotatable bonds is 6. The molecule has 0 saturated carbocycles. The molecule has 1 amide bonds. The molecule has 6 nitrogen and oxygen atoms in total. The summed E-state index contributed by atoms with van der Waals surface area (Å²) in [5.74, 6) is 0.460. The summed E-state index contributed by atoms with van der Waals surface area (Å²) in [6.45, 7) is 9.16. The Morgan fingerprint density at radius 1 is 1.25 bits per heavy atom. The molecule has 1 unspecified atom stereocenters. The summed E-state index contributed by atoms with van der Waals surface area (Å²) in [5, 5.41) is 14.4. The topological polar surface area (TPSA) is 80.7 Å². The van der Waals surface area contributed by atoms with Crippen molar-refractivity contribution in [2.75, 3.05) is 12.4 Å². The quantitative estimate of drug-likeness (QED) is 0.732. The number of ether oxygens (including phenoxy) is 2. The first-order valence-corrected chi connectivity index (χ1v) is 9.41. The summed E-state index contributed by atoms with van der Waals surface area (Å²) >= 11 is 6.29. The van der Waals surface area contributed by atoms with Crippen LogP contribution in [0.1, 0.15) is 51.8 Å². The van der Waals surface area contributed by atoms with E-state index in [0.717, 1.165) is 0 Å². The standard InChI is InChI=1S/C21H27ClN2O4/c1-12(2)28-16-11-13(22)10-15(17(16)24-20(26)21(3,4)5)18(25)14-8-7-9-23-19(14)27-6/h7-12,18,25H,1-6H3,(H,24,26). The van der Waals surface area contributed by atoms with Crippen LogP contribution >= 0.6 is 11.6 Å². The summed E-state index contributed by atoms with van der Waals surface area (Å²) in [5.41, 5.74) is 0.584. The first-order chi connectivity index (χ1) is 13.0. The smallest absolute Gasteiger partial charge is 0.229 e. The Kier molecular flexibility index (Phi) is 6.91. The van der Waals surface area contributed by atoms with Crippen molar-refractivity contribution >= 4 is 23.2 Å². The molecule has 1 aromatic carbocycles. The summed E-state index contributed by atoms with van der Waals surface area (Å²) in [6, 6.07) is 6.63. The summed E-state index contributed by atoms with van der Waals surface area (Å²) < 4.78 is 11.1. The zero-order valence-corrected chi connectivity index (χ0v) is 17.8. The van der Waals surface area contributed by atoms with Crippen molar-refractivity contribution in [1.82, 2.24) is 4.98 Å². The normalized spacial score (nSPS) is 12.6. The highest BCUT2D eigenvalue weighted by Crippen LogP contribution is 2.41. The summed E-state index contributed by atoms with van der Waals surface area (Å²) in [7, 11) is 1.48. The zero-order chi connectivity index (χ0) is 21.1. The number of nitrogens with zero attached hydrogens (tertiary/aromatic N) is 1. The Morgan fingerprint density at radius 3 is 2.50 bits per heavy atom. The number of aromatic nitrogens is 1. The number of amides is 1. The van der Waals surface area contributed by atoms with Gasteiger partial charge in [-0.1, -0.05) is 32.4 Å². The Hall–Kier alpha value is -2.31. The number of hydrogen-bond acceptors (Lipinski definition) is 5. The van der Waals surface area contributed by atoms with Crippen LogP contribution in [0, 0.1) is 5.41 Å². The van der Waals surface area contributed by atoms with E-state index in [0.29, 0.717) is 27.6 Å². The van der Waals surface area contributed by atoms with Crippen LogP contribution in [-0.2, 0) is 4.79 Å². The van der Waals surface area contributed by atoms with Crippen LogP contribution in [0.3, 0.4) is 0 Å². The second-order valence-corrected chi connectivity index (χ2v) is 8.18. The fourth-order valence-corrected chi connectivity index (χ4v) is 2.77. The van der Waals surface area contributed by atoms with E-state index in [1.807, 2.05) is 34.6 Å². The number of aliphatic hydroxyl groups is 1. The molecule has 1 heterocycles. The molecule has 0 aliphatic rings. The minimum atomic E-state index is -1.13. The average molecular weight is 407 g/mol. The van der Waals surface area contributed by atoms with Gasteiger partial charge in [-0.2, -0.15) is 0 Å². The second-order valence-electron chi connectivity index (χ2n) is 7.74. The van der Waals surface area contributed by atoms with Gasteiger partial charge in [0.25, 0.3) is 0 Å². The van der Waals surface area contributed by atoms with E-state index in [4.69, 9.17) is 21.1 Å². The molecule has 2 rings (SSSR count). The van der Waals surface area contributed by atoms with Crippen LogP contribution in [0.25, 0.3) is 0 Å². The number of benzene rings is 1. The Labute approximate surface area is 170 Å². The molecular weight excluding hydrogens is 380 g/mol. The number of hydrogen-bond donors (Lipinski definition) is 2. The van der Waals surface area contributed by atoms with E-state index >= 15 is 0 Å². The van der Waals surface area contributed by atoms with Gasteiger partial charge in [0.15, 0.2) is 0 Å². The molecule has 1 aromatic heterocycles. The lowest BCUT2D eigenvalue weighted by atomic mass is 9.94. The average Bonchev–Trinajstić information content (AvgIpc) is 2.61. The van der Waals surface area contributed by atoms with Crippen molar-refractivity contribution in [3.63, 3.8) is 0 Å². The van der Waals surface area contributed by atoms with Crippen LogP contribution in [0.4, 0.5) is 5.69 Å². The maximum Gasteiger partial charge on any atom is 0.229 e. The molecule has 152 valence electrons. The van der Waals surface area contributed by atoms with Gasteiger partial charge >= 0.3 is 0 Å². The van der Waals surface area contributed by atoms with Crippen LogP contribution in [0.5, 0.6) is 11.6 Å². The second kappa shape index (κ2) is 8.80. The van der Waals surface area contributed by atoms with Gasteiger partial charge in [-0.3, -0.25) is 4.79 Å². The van der Waals surface area contributed by atoms with E-state index < -0.39 is 11.5 Å². The number of aliphatic hydroxyl groups excluding tert-OH is 1. The fourth-order valence-electron chi connectivity index (χ4n) is 2.55. The number of methoxy groups -OCH3 is 1. The molecule has 0 spiro atoms. The monoisotopic (exact) mass is 406 g/mol. The van der Waals surface area contributed by atoms with Gasteiger partial charge in [0.1, 0.15) is 11.9 Å². The van der Waals surface area contributed by atoms with Gasteiger partial charge in [-0.05, 0) is 32.0 Å². The molecule has 2 N–H and O–H groups in total. The van der Waals surface area contributed by atoms with Crippen molar-refractivity contribution in [3.8, 4) is 11.6 Å². The Bertz CT molecular complexity index is 847. The lowest BCUT2D eigenvalue weighted by Gasteiger charge is -2.25. The third-order valence-corrected chi connectivity index (χ3v) is 4.18. The highest BCUT2D eigenvalue weighted by atomic mass is 35.5. The van der Waals surface area contributed by atoms with E-state index in [2.05, 4.69) is 10.3 Å². The van der Waals surface area contributed by atoms with Gasteiger partial charge in [0, 0.05) is 33.8 Å². The van der Waals surface area contributed by atoms with Gasteiger partial charge in [0.05, 0.1) is 18.9 Å². The highest BCUT2D eigenvalue weighted by Gasteiger charge is 2.28. The lowest BCUT2D eigenvalue weighted by molar-refractivity contribution is -0.123. The van der Waals surface area contributed by atoms with E-state index in [-0.39, 0.29) is 17.9 Å². The maximum absolute atomic E-state index is 12.7. The predicted octanol–water partition coefficient (Wildman–Crippen LogP) is 4.60. The van der Waals surface area contributed by atoms with Gasteiger partial charge in [-0.15, -0.1) is 0 Å². The number of carbonyl (C=O) groups is 1. The number of halogens is 1. The van der Waals surface area contributed by atoms with Crippen LogP contribution in [-0.4, -0.2) is 29.2 Å². The molecule has 0 bridgehead atoms. The largest absolute Gasteiger partial charge is 0.489 e. The summed E-state index contributed by atoms with van der Waals surface area (Å²) in [6.07, 6.45) is 0.289. The van der Waals surface area contributed by atoms with Gasteiger partial charge < -0.3 is 19.9 Å². The van der Waals surface area contributed by atoms with Crippen molar-refractivity contribution in [2.45, 2.75) is 46.8 Å². The van der Waals surface area contributed by atoms with Crippen molar-refractivity contribution in [1.29, 1.82) is 0 Å². The first kappa shape index (κ1) is 22.0. The number of anilines is 1. The zero-order valence-electron chi connectivity index (χ0n) is 17.0. The molecule has 0 aliphatic heterocycles. The van der Waals surface area contributed by atoms with Crippen LogP contribution in [0.15, 0.2) is 30.5 Å².